The van der Waals surface area contributed by atoms with Crippen molar-refractivity contribution < 1.29 is 9.18 Å². The number of halogens is 1. The second-order valence-electron chi connectivity index (χ2n) is 9.09. The number of nitrogens with zero attached hydrogens (tertiary/aromatic N) is 6. The first-order chi connectivity index (χ1) is 16.2. The smallest absolute Gasteiger partial charge is 0.230 e. The lowest BCUT2D eigenvalue weighted by atomic mass is 9.94. The number of aryl methyl sites for hydroxylation is 2. The number of amides is 1. The van der Waals surface area contributed by atoms with E-state index in [1.807, 2.05) is 4.90 Å². The monoisotopic (exact) mass is 450 g/mol. The molecule has 1 aromatic carbocycles. The first kappa shape index (κ1) is 21.8. The number of imidazole rings is 1. The number of hydrogen-bond donors (Lipinski definition) is 0. The highest BCUT2D eigenvalue weighted by molar-refractivity contribution is 5.95. The van der Waals surface area contributed by atoms with Crippen LogP contribution in [-0.4, -0.2) is 45.1 Å². The quantitative estimate of drug-likeness (QED) is 0.578. The zero-order chi connectivity index (χ0) is 22.8. The van der Waals surface area contributed by atoms with E-state index in [2.05, 4.69) is 26.4 Å². The minimum atomic E-state index is -0.288. The molecule has 1 amide bonds. The Hall–Kier alpha value is -3.03. The van der Waals surface area contributed by atoms with E-state index in [1.165, 1.54) is 25.0 Å². The Labute approximate surface area is 193 Å². The Morgan fingerprint density at radius 1 is 1.09 bits per heavy atom. The minimum absolute atomic E-state index is 0.0473. The van der Waals surface area contributed by atoms with Crippen molar-refractivity contribution in [2.75, 3.05) is 29.4 Å². The lowest BCUT2D eigenvalue weighted by molar-refractivity contribution is -0.123. The maximum absolute atomic E-state index is 13.4. The van der Waals surface area contributed by atoms with Gasteiger partial charge in [0.1, 0.15) is 18.0 Å². The van der Waals surface area contributed by atoms with Crippen molar-refractivity contribution in [1.29, 1.82) is 0 Å². The molecule has 0 bridgehead atoms. The van der Waals surface area contributed by atoms with Crippen LogP contribution in [0.4, 0.5) is 15.9 Å². The molecule has 1 fully saturated rings. The number of rotatable bonds is 5. The fourth-order valence-electron chi connectivity index (χ4n) is 5.13. The van der Waals surface area contributed by atoms with Crippen LogP contribution in [0.25, 0.3) is 11.2 Å². The fourth-order valence-corrected chi connectivity index (χ4v) is 5.13. The van der Waals surface area contributed by atoms with Gasteiger partial charge < -0.3 is 14.4 Å². The molecule has 1 saturated heterocycles. The molecular weight excluding hydrogens is 419 g/mol. The van der Waals surface area contributed by atoms with Crippen LogP contribution in [0.5, 0.6) is 0 Å². The average molecular weight is 451 g/mol. The van der Waals surface area contributed by atoms with Gasteiger partial charge in [-0.2, -0.15) is 0 Å². The van der Waals surface area contributed by atoms with E-state index in [1.54, 1.807) is 18.5 Å². The number of carbonyl (C=O) groups is 1. The van der Waals surface area contributed by atoms with E-state index in [4.69, 9.17) is 4.98 Å². The average Bonchev–Trinajstić information content (AvgIpc) is 3.03. The van der Waals surface area contributed by atoms with Crippen LogP contribution in [0.1, 0.15) is 51.3 Å². The number of benzene rings is 1. The number of piperidine rings is 1. The van der Waals surface area contributed by atoms with Gasteiger partial charge in [0.05, 0.1) is 0 Å². The van der Waals surface area contributed by atoms with Crippen LogP contribution in [0.2, 0.25) is 0 Å². The number of fused-ring (bicyclic) bond motifs is 3. The molecule has 0 N–H and O–H groups in total. The molecule has 4 heterocycles. The predicted molar refractivity (Wildman–Crippen MR) is 127 cm³/mol. The maximum atomic E-state index is 13.4. The second-order valence-corrected chi connectivity index (χ2v) is 9.09. The molecular formula is C25H31FN6O. The summed E-state index contributed by atoms with van der Waals surface area (Å²) in [4.78, 5) is 31.5. The Morgan fingerprint density at radius 2 is 1.88 bits per heavy atom. The third kappa shape index (κ3) is 4.30. The summed E-state index contributed by atoms with van der Waals surface area (Å²) >= 11 is 0. The molecule has 7 nitrogen and oxygen atoms in total. The summed E-state index contributed by atoms with van der Waals surface area (Å²) in [5, 5.41) is 0. The predicted octanol–water partition coefficient (Wildman–Crippen LogP) is 4.35. The van der Waals surface area contributed by atoms with Crippen molar-refractivity contribution in [2.45, 2.75) is 58.4 Å². The van der Waals surface area contributed by atoms with Crippen molar-refractivity contribution in [3.8, 4) is 0 Å². The molecule has 0 unspecified atom stereocenters. The molecule has 0 saturated carbocycles. The molecule has 0 radical (unpaired) electrons. The van der Waals surface area contributed by atoms with E-state index in [9.17, 15) is 9.18 Å². The van der Waals surface area contributed by atoms with Gasteiger partial charge in [0.25, 0.3) is 0 Å². The summed E-state index contributed by atoms with van der Waals surface area (Å²) in [6, 6.07) is 6.22. The van der Waals surface area contributed by atoms with Gasteiger partial charge in [-0.05, 0) is 56.4 Å². The molecule has 0 atom stereocenters. The van der Waals surface area contributed by atoms with Gasteiger partial charge in [0.15, 0.2) is 17.0 Å². The van der Waals surface area contributed by atoms with Crippen LogP contribution in [0.3, 0.4) is 0 Å². The van der Waals surface area contributed by atoms with Crippen LogP contribution < -0.4 is 9.80 Å². The summed E-state index contributed by atoms with van der Waals surface area (Å²) in [5.41, 5.74) is 2.58. The highest BCUT2D eigenvalue weighted by atomic mass is 19.1. The van der Waals surface area contributed by atoms with Crippen molar-refractivity contribution in [2.24, 2.45) is 5.92 Å². The normalized spacial score (nSPS) is 17.1. The molecule has 2 aliphatic heterocycles. The SMILES string of the molecule is CCCN(C(=O)C1CCN(c2ncnc3c2nc2n3CCCCC2)CC1)c1ccc(F)cc1. The lowest BCUT2D eigenvalue weighted by Crippen LogP contribution is -2.43. The Bertz CT molecular complexity index is 1120. The van der Waals surface area contributed by atoms with Crippen molar-refractivity contribution >= 4 is 28.6 Å². The number of hydrogen-bond acceptors (Lipinski definition) is 5. The Morgan fingerprint density at radius 3 is 2.64 bits per heavy atom. The van der Waals surface area contributed by atoms with Gasteiger partial charge in [-0.15, -0.1) is 0 Å². The Kier molecular flexibility index (Phi) is 6.24. The maximum Gasteiger partial charge on any atom is 0.230 e. The molecule has 0 spiro atoms. The third-order valence-electron chi connectivity index (χ3n) is 6.87. The van der Waals surface area contributed by atoms with Gasteiger partial charge in [0.2, 0.25) is 5.91 Å². The zero-order valence-corrected chi connectivity index (χ0v) is 19.2. The van der Waals surface area contributed by atoms with Gasteiger partial charge >= 0.3 is 0 Å². The van der Waals surface area contributed by atoms with Gasteiger partial charge in [-0.1, -0.05) is 13.3 Å². The first-order valence-corrected chi connectivity index (χ1v) is 12.2. The van der Waals surface area contributed by atoms with Crippen molar-refractivity contribution in [1.82, 2.24) is 19.5 Å². The molecule has 3 aromatic rings. The fraction of sp³-hybridized carbons (Fsp3) is 0.520. The van der Waals surface area contributed by atoms with Gasteiger partial charge in [-0.25, -0.2) is 19.3 Å². The Balaban J connectivity index is 1.32. The molecule has 2 aromatic heterocycles. The number of aromatic nitrogens is 4. The van der Waals surface area contributed by atoms with Gasteiger partial charge in [0, 0.05) is 44.2 Å². The van der Waals surface area contributed by atoms with Crippen LogP contribution >= 0.6 is 0 Å². The van der Waals surface area contributed by atoms with Gasteiger partial charge in [-0.3, -0.25) is 4.79 Å². The van der Waals surface area contributed by atoms with Crippen LogP contribution in [0, 0.1) is 11.7 Å². The zero-order valence-electron chi connectivity index (χ0n) is 19.2. The molecule has 2 aliphatic rings. The molecule has 33 heavy (non-hydrogen) atoms. The highest BCUT2D eigenvalue weighted by Crippen LogP contribution is 2.30. The van der Waals surface area contributed by atoms with Crippen LogP contribution in [-0.2, 0) is 17.8 Å². The number of anilines is 2. The van der Waals surface area contributed by atoms with E-state index >= 15 is 0 Å². The molecule has 0 aliphatic carbocycles. The van der Waals surface area contributed by atoms with Crippen molar-refractivity contribution in [3.63, 3.8) is 0 Å². The van der Waals surface area contributed by atoms with Crippen LogP contribution in [0.15, 0.2) is 30.6 Å². The molecule has 174 valence electrons. The number of carbonyl (C=O) groups excluding carboxylic acids is 1. The third-order valence-corrected chi connectivity index (χ3v) is 6.87. The lowest BCUT2D eigenvalue weighted by Gasteiger charge is -2.34. The summed E-state index contributed by atoms with van der Waals surface area (Å²) in [5.74, 6) is 1.79. The summed E-state index contributed by atoms with van der Waals surface area (Å²) < 4.78 is 15.6. The second kappa shape index (κ2) is 9.45. The van der Waals surface area contributed by atoms with Crippen molar-refractivity contribution in [3.05, 3.63) is 42.2 Å². The van der Waals surface area contributed by atoms with E-state index in [-0.39, 0.29) is 17.6 Å². The van der Waals surface area contributed by atoms with E-state index in [0.29, 0.717) is 6.54 Å². The molecule has 5 rings (SSSR count). The standard InChI is InChI=1S/C25H31FN6O/c1-2-13-31(20-9-7-19(26)8-10-20)25(33)18-11-15-30(16-12-18)23-22-24(28-17-27-23)32-14-5-3-4-6-21(32)29-22/h7-10,17-18H,2-6,11-16H2,1H3. The molecule has 8 heteroatoms. The topological polar surface area (TPSA) is 67.2 Å². The highest BCUT2D eigenvalue weighted by Gasteiger charge is 2.31. The minimum Gasteiger partial charge on any atom is -0.355 e. The summed E-state index contributed by atoms with van der Waals surface area (Å²) in [6.45, 7) is 5.17. The van der Waals surface area contributed by atoms with E-state index in [0.717, 1.165) is 80.2 Å². The largest absolute Gasteiger partial charge is 0.355 e. The first-order valence-electron chi connectivity index (χ1n) is 12.2. The summed E-state index contributed by atoms with van der Waals surface area (Å²) in [6.07, 6.45) is 8.58. The summed E-state index contributed by atoms with van der Waals surface area (Å²) in [7, 11) is 0. The van der Waals surface area contributed by atoms with E-state index < -0.39 is 0 Å².